The number of aryl methyl sites for hydroxylation is 1. The molecule has 19 heavy (non-hydrogen) atoms. The lowest BCUT2D eigenvalue weighted by molar-refractivity contribution is 1.10. The van der Waals surface area contributed by atoms with Crippen LogP contribution >= 0.6 is 11.6 Å². The number of hydrogen-bond acceptors (Lipinski definition) is 2. The highest BCUT2D eigenvalue weighted by Crippen LogP contribution is 2.26. The minimum atomic E-state index is 0.661. The van der Waals surface area contributed by atoms with Crippen molar-refractivity contribution < 1.29 is 0 Å². The van der Waals surface area contributed by atoms with E-state index in [1.54, 1.807) is 0 Å². The fraction of sp³-hybridized carbons (Fsp3) is 0.0667. The van der Waals surface area contributed by atoms with Crippen molar-refractivity contribution in [2.45, 2.75) is 6.92 Å². The zero-order chi connectivity index (χ0) is 13.2. The highest BCUT2D eigenvalue weighted by Gasteiger charge is 2.09. The number of nitrogens with one attached hydrogen (secondary N) is 1. The number of nitrogens with zero attached hydrogens (tertiary/aromatic N) is 2. The Hall–Kier alpha value is -2.13. The molecule has 0 fully saturated rings. The van der Waals surface area contributed by atoms with E-state index >= 15 is 0 Å². The average Bonchev–Trinajstić information content (AvgIpc) is 2.89. The normalized spacial score (nSPS) is 10.6. The zero-order valence-corrected chi connectivity index (χ0v) is 11.1. The molecule has 94 valence electrons. The standard InChI is InChI=1S/C15H12ClN3/c1-10-6-8-11(9-7-10)14-17-15(19-18-14)12-4-2-3-5-13(12)16/h2-9H,1H3,(H,17,18,19). The van der Waals surface area contributed by atoms with Crippen LogP contribution in [0.1, 0.15) is 5.56 Å². The van der Waals surface area contributed by atoms with E-state index in [2.05, 4.69) is 22.1 Å². The van der Waals surface area contributed by atoms with Crippen LogP contribution in [0.15, 0.2) is 48.5 Å². The SMILES string of the molecule is Cc1ccc(-c2n[nH]c(-c3ccccc3Cl)n2)cc1. The molecule has 3 nitrogen and oxygen atoms in total. The first-order chi connectivity index (χ1) is 9.24. The molecule has 0 unspecified atom stereocenters. The summed E-state index contributed by atoms with van der Waals surface area (Å²) in [6.07, 6.45) is 0. The second-order valence-electron chi connectivity index (χ2n) is 4.35. The van der Waals surface area contributed by atoms with Gasteiger partial charge in [-0.15, -0.1) is 0 Å². The summed E-state index contributed by atoms with van der Waals surface area (Å²) in [7, 11) is 0. The maximum absolute atomic E-state index is 6.15. The van der Waals surface area contributed by atoms with Gasteiger partial charge in [0.2, 0.25) is 0 Å². The Kier molecular flexibility index (Phi) is 3.05. The first-order valence-electron chi connectivity index (χ1n) is 5.98. The van der Waals surface area contributed by atoms with Gasteiger partial charge in [-0.1, -0.05) is 53.6 Å². The van der Waals surface area contributed by atoms with E-state index in [-0.39, 0.29) is 0 Å². The first kappa shape index (κ1) is 11.9. The van der Waals surface area contributed by atoms with Crippen molar-refractivity contribution >= 4 is 11.6 Å². The molecule has 4 heteroatoms. The number of halogens is 1. The van der Waals surface area contributed by atoms with Gasteiger partial charge in [0.15, 0.2) is 11.6 Å². The Balaban J connectivity index is 2.00. The maximum atomic E-state index is 6.15. The molecule has 1 heterocycles. The number of rotatable bonds is 2. The third kappa shape index (κ3) is 2.37. The highest BCUT2D eigenvalue weighted by molar-refractivity contribution is 6.33. The second-order valence-corrected chi connectivity index (χ2v) is 4.76. The van der Waals surface area contributed by atoms with Crippen LogP contribution in [0.4, 0.5) is 0 Å². The van der Waals surface area contributed by atoms with Crippen LogP contribution in [0.3, 0.4) is 0 Å². The summed E-state index contributed by atoms with van der Waals surface area (Å²) in [6.45, 7) is 2.05. The zero-order valence-electron chi connectivity index (χ0n) is 10.4. The van der Waals surface area contributed by atoms with E-state index in [0.29, 0.717) is 16.7 Å². The summed E-state index contributed by atoms with van der Waals surface area (Å²) >= 11 is 6.15. The number of H-pyrrole nitrogens is 1. The van der Waals surface area contributed by atoms with Gasteiger partial charge in [0.05, 0.1) is 5.02 Å². The Labute approximate surface area is 116 Å². The van der Waals surface area contributed by atoms with Gasteiger partial charge in [-0.25, -0.2) is 4.98 Å². The summed E-state index contributed by atoms with van der Waals surface area (Å²) in [6, 6.07) is 15.7. The summed E-state index contributed by atoms with van der Waals surface area (Å²) < 4.78 is 0. The van der Waals surface area contributed by atoms with Gasteiger partial charge in [0, 0.05) is 11.1 Å². The van der Waals surface area contributed by atoms with E-state index in [0.717, 1.165) is 11.1 Å². The minimum absolute atomic E-state index is 0.661. The Bertz CT molecular complexity index is 701. The molecular formula is C15H12ClN3. The largest absolute Gasteiger partial charge is 0.259 e. The topological polar surface area (TPSA) is 41.6 Å². The van der Waals surface area contributed by atoms with Gasteiger partial charge in [-0.05, 0) is 19.1 Å². The molecule has 0 saturated carbocycles. The van der Waals surface area contributed by atoms with Crippen molar-refractivity contribution in [2.75, 3.05) is 0 Å². The summed E-state index contributed by atoms with van der Waals surface area (Å²) in [5.74, 6) is 1.36. The van der Waals surface area contributed by atoms with Crippen molar-refractivity contribution in [2.24, 2.45) is 0 Å². The molecule has 3 aromatic rings. The van der Waals surface area contributed by atoms with Gasteiger partial charge in [-0.3, -0.25) is 5.10 Å². The van der Waals surface area contributed by atoms with Crippen molar-refractivity contribution in [3.8, 4) is 22.8 Å². The van der Waals surface area contributed by atoms with Crippen LogP contribution < -0.4 is 0 Å². The monoisotopic (exact) mass is 269 g/mol. The Morgan fingerprint density at radius 1 is 1.00 bits per heavy atom. The number of aromatic nitrogens is 3. The molecule has 0 amide bonds. The van der Waals surface area contributed by atoms with E-state index in [9.17, 15) is 0 Å². The Morgan fingerprint density at radius 3 is 2.47 bits per heavy atom. The fourth-order valence-corrected chi connectivity index (χ4v) is 2.09. The molecule has 0 spiro atoms. The molecule has 0 atom stereocenters. The van der Waals surface area contributed by atoms with Crippen LogP contribution in [0.25, 0.3) is 22.8 Å². The van der Waals surface area contributed by atoms with Crippen molar-refractivity contribution in [1.82, 2.24) is 15.2 Å². The molecule has 0 aliphatic rings. The first-order valence-corrected chi connectivity index (χ1v) is 6.36. The molecule has 1 aromatic heterocycles. The lowest BCUT2D eigenvalue weighted by Crippen LogP contribution is -1.82. The van der Waals surface area contributed by atoms with E-state index in [4.69, 9.17) is 11.6 Å². The molecule has 1 N–H and O–H groups in total. The summed E-state index contributed by atoms with van der Waals surface area (Å²) in [5, 5.41) is 7.83. The predicted molar refractivity (Wildman–Crippen MR) is 77.0 cm³/mol. The minimum Gasteiger partial charge on any atom is -0.259 e. The number of hydrogen-bond donors (Lipinski definition) is 1. The molecule has 0 aliphatic heterocycles. The smallest absolute Gasteiger partial charge is 0.181 e. The van der Waals surface area contributed by atoms with E-state index < -0.39 is 0 Å². The third-order valence-corrected chi connectivity index (χ3v) is 3.25. The molecule has 0 saturated heterocycles. The highest BCUT2D eigenvalue weighted by atomic mass is 35.5. The van der Waals surface area contributed by atoms with Gasteiger partial charge >= 0.3 is 0 Å². The average molecular weight is 270 g/mol. The molecular weight excluding hydrogens is 258 g/mol. The lowest BCUT2D eigenvalue weighted by atomic mass is 10.1. The second kappa shape index (κ2) is 4.86. The third-order valence-electron chi connectivity index (χ3n) is 2.92. The van der Waals surface area contributed by atoms with Crippen LogP contribution in [-0.2, 0) is 0 Å². The summed E-state index contributed by atoms with van der Waals surface area (Å²) in [5.41, 5.74) is 3.06. The molecule has 2 aromatic carbocycles. The summed E-state index contributed by atoms with van der Waals surface area (Å²) in [4.78, 5) is 4.49. The van der Waals surface area contributed by atoms with Crippen LogP contribution in [0.5, 0.6) is 0 Å². The van der Waals surface area contributed by atoms with Crippen molar-refractivity contribution in [1.29, 1.82) is 0 Å². The Morgan fingerprint density at radius 2 is 1.74 bits per heavy atom. The molecule has 3 rings (SSSR count). The number of benzene rings is 2. The lowest BCUT2D eigenvalue weighted by Gasteiger charge is -1.98. The van der Waals surface area contributed by atoms with Gasteiger partial charge < -0.3 is 0 Å². The van der Waals surface area contributed by atoms with Gasteiger partial charge in [0.25, 0.3) is 0 Å². The van der Waals surface area contributed by atoms with E-state index in [1.807, 2.05) is 48.5 Å². The number of aromatic amines is 1. The quantitative estimate of drug-likeness (QED) is 0.761. The van der Waals surface area contributed by atoms with Gasteiger partial charge in [-0.2, -0.15) is 5.10 Å². The van der Waals surface area contributed by atoms with Gasteiger partial charge in [0.1, 0.15) is 0 Å². The van der Waals surface area contributed by atoms with Crippen LogP contribution in [0.2, 0.25) is 5.02 Å². The molecule has 0 aliphatic carbocycles. The molecule has 0 radical (unpaired) electrons. The van der Waals surface area contributed by atoms with Crippen molar-refractivity contribution in [3.63, 3.8) is 0 Å². The van der Waals surface area contributed by atoms with Crippen LogP contribution in [-0.4, -0.2) is 15.2 Å². The van der Waals surface area contributed by atoms with E-state index in [1.165, 1.54) is 5.56 Å². The van der Waals surface area contributed by atoms with Crippen molar-refractivity contribution in [3.05, 3.63) is 59.1 Å². The van der Waals surface area contributed by atoms with Crippen LogP contribution in [0, 0.1) is 6.92 Å². The predicted octanol–water partition coefficient (Wildman–Crippen LogP) is 4.10. The molecule has 0 bridgehead atoms. The fourth-order valence-electron chi connectivity index (χ4n) is 1.87. The maximum Gasteiger partial charge on any atom is 0.181 e.